The van der Waals surface area contributed by atoms with Crippen molar-refractivity contribution in [2.45, 2.75) is 13.0 Å². The fourth-order valence-electron chi connectivity index (χ4n) is 1.93. The maximum atomic E-state index is 10.2. The molecule has 0 spiro atoms. The van der Waals surface area contributed by atoms with Crippen LogP contribution in [0.3, 0.4) is 0 Å². The Balaban J connectivity index is 2.78. The number of rotatable bonds is 8. The van der Waals surface area contributed by atoms with E-state index in [1.807, 2.05) is 17.9 Å². The van der Waals surface area contributed by atoms with Crippen molar-refractivity contribution in [3.63, 3.8) is 0 Å². The Kier molecular flexibility index (Phi) is 6.62. The van der Waals surface area contributed by atoms with Gasteiger partial charge < -0.3 is 19.7 Å². The van der Waals surface area contributed by atoms with Crippen molar-refractivity contribution in [3.05, 3.63) is 23.8 Å². The van der Waals surface area contributed by atoms with Crippen molar-refractivity contribution < 1.29 is 19.7 Å². The summed E-state index contributed by atoms with van der Waals surface area (Å²) in [4.78, 5) is 1.99. The summed E-state index contributed by atoms with van der Waals surface area (Å²) >= 11 is 0. The lowest BCUT2D eigenvalue weighted by molar-refractivity contribution is 0.103. The van der Waals surface area contributed by atoms with Crippen LogP contribution in [-0.2, 0) is 0 Å². The molecule has 0 saturated carbocycles. The van der Waals surface area contributed by atoms with Gasteiger partial charge in [0.05, 0.1) is 26.9 Å². The molecule has 0 aliphatic rings. The van der Waals surface area contributed by atoms with Crippen LogP contribution in [0.5, 0.6) is 11.5 Å². The average Bonchev–Trinajstić information content (AvgIpc) is 2.45. The molecule has 108 valence electrons. The molecule has 0 fully saturated rings. The van der Waals surface area contributed by atoms with Gasteiger partial charge in [0.2, 0.25) is 0 Å². The van der Waals surface area contributed by atoms with Crippen molar-refractivity contribution in [1.29, 1.82) is 0 Å². The summed E-state index contributed by atoms with van der Waals surface area (Å²) in [6.45, 7) is 3.90. The fraction of sp³-hybridized carbons (Fsp3) is 0.571. The second-order valence-electron chi connectivity index (χ2n) is 4.25. The van der Waals surface area contributed by atoms with E-state index in [1.54, 1.807) is 26.4 Å². The molecule has 2 N–H and O–H groups in total. The summed E-state index contributed by atoms with van der Waals surface area (Å²) in [5.41, 5.74) is 0.772. The number of aliphatic hydroxyl groups is 2. The fourth-order valence-corrected chi connectivity index (χ4v) is 1.93. The van der Waals surface area contributed by atoms with Crippen LogP contribution in [0.4, 0.5) is 0 Å². The van der Waals surface area contributed by atoms with Gasteiger partial charge >= 0.3 is 0 Å². The van der Waals surface area contributed by atoms with Crippen molar-refractivity contribution >= 4 is 0 Å². The van der Waals surface area contributed by atoms with Gasteiger partial charge in [-0.1, -0.05) is 13.0 Å². The van der Waals surface area contributed by atoms with Crippen molar-refractivity contribution in [3.8, 4) is 11.5 Å². The van der Waals surface area contributed by atoms with Crippen LogP contribution in [0.15, 0.2) is 18.2 Å². The Morgan fingerprint density at radius 1 is 1.21 bits per heavy atom. The molecule has 5 nitrogen and oxygen atoms in total. The third kappa shape index (κ3) is 4.38. The molecule has 5 heteroatoms. The highest BCUT2D eigenvalue weighted by Gasteiger charge is 2.14. The van der Waals surface area contributed by atoms with Crippen LogP contribution in [-0.4, -0.2) is 55.6 Å². The van der Waals surface area contributed by atoms with E-state index in [0.717, 1.165) is 12.1 Å². The molecule has 1 rings (SSSR count). The Labute approximate surface area is 114 Å². The summed E-state index contributed by atoms with van der Waals surface area (Å²) in [6, 6.07) is 5.37. The molecule has 1 aromatic carbocycles. The lowest BCUT2D eigenvalue weighted by Gasteiger charge is -2.23. The highest BCUT2D eigenvalue weighted by molar-refractivity contribution is 5.43. The van der Waals surface area contributed by atoms with Crippen LogP contribution in [0.1, 0.15) is 18.6 Å². The zero-order chi connectivity index (χ0) is 14.3. The molecule has 0 radical (unpaired) electrons. The largest absolute Gasteiger partial charge is 0.493 e. The van der Waals surface area contributed by atoms with Gasteiger partial charge in [-0.25, -0.2) is 0 Å². The second kappa shape index (κ2) is 7.99. The molecule has 1 aromatic rings. The number of methoxy groups -OCH3 is 2. The van der Waals surface area contributed by atoms with Gasteiger partial charge in [0, 0.05) is 13.1 Å². The first kappa shape index (κ1) is 15.8. The molecule has 0 aromatic heterocycles. The standard InChI is InChI=1S/C14H23NO4/c1-4-15(7-8-16)10-12(17)11-5-6-13(18-2)14(9-11)19-3/h5-6,9,12,16-17H,4,7-8,10H2,1-3H3. The van der Waals surface area contributed by atoms with Gasteiger partial charge in [-0.3, -0.25) is 4.90 Å². The van der Waals surface area contributed by atoms with Crippen LogP contribution < -0.4 is 9.47 Å². The maximum Gasteiger partial charge on any atom is 0.161 e. The third-order valence-corrected chi connectivity index (χ3v) is 3.09. The zero-order valence-electron chi connectivity index (χ0n) is 11.8. The van der Waals surface area contributed by atoms with Crippen LogP contribution in [0.25, 0.3) is 0 Å². The maximum absolute atomic E-state index is 10.2. The Morgan fingerprint density at radius 3 is 2.42 bits per heavy atom. The van der Waals surface area contributed by atoms with E-state index in [1.165, 1.54) is 0 Å². The number of ether oxygens (including phenoxy) is 2. The minimum absolute atomic E-state index is 0.0898. The number of hydrogen-bond donors (Lipinski definition) is 2. The van der Waals surface area contributed by atoms with E-state index in [4.69, 9.17) is 14.6 Å². The van der Waals surface area contributed by atoms with Gasteiger partial charge in [0.15, 0.2) is 11.5 Å². The number of hydrogen-bond acceptors (Lipinski definition) is 5. The molecular weight excluding hydrogens is 246 g/mol. The lowest BCUT2D eigenvalue weighted by atomic mass is 10.1. The summed E-state index contributed by atoms with van der Waals surface area (Å²) in [7, 11) is 3.14. The van der Waals surface area contributed by atoms with Gasteiger partial charge in [0.1, 0.15) is 0 Å². The Bertz CT molecular complexity index is 384. The highest BCUT2D eigenvalue weighted by Crippen LogP contribution is 2.30. The molecule has 19 heavy (non-hydrogen) atoms. The second-order valence-corrected chi connectivity index (χ2v) is 4.25. The first-order chi connectivity index (χ1) is 9.15. The van der Waals surface area contributed by atoms with E-state index in [9.17, 15) is 5.11 Å². The molecule has 0 amide bonds. The normalized spacial score (nSPS) is 12.5. The van der Waals surface area contributed by atoms with Gasteiger partial charge in [-0.05, 0) is 24.2 Å². The Morgan fingerprint density at radius 2 is 1.89 bits per heavy atom. The van der Waals surface area contributed by atoms with E-state index in [0.29, 0.717) is 24.6 Å². The predicted molar refractivity (Wildman–Crippen MR) is 73.7 cm³/mol. The monoisotopic (exact) mass is 269 g/mol. The van der Waals surface area contributed by atoms with Crippen molar-refractivity contribution in [1.82, 2.24) is 4.90 Å². The van der Waals surface area contributed by atoms with Gasteiger partial charge in [0.25, 0.3) is 0 Å². The molecule has 0 bridgehead atoms. The minimum atomic E-state index is -0.619. The average molecular weight is 269 g/mol. The summed E-state index contributed by atoms with van der Waals surface area (Å²) in [5, 5.41) is 19.2. The van der Waals surface area contributed by atoms with E-state index >= 15 is 0 Å². The molecule has 1 unspecified atom stereocenters. The molecule has 0 saturated heterocycles. The van der Waals surface area contributed by atoms with Gasteiger partial charge in [-0.2, -0.15) is 0 Å². The number of aliphatic hydroxyl groups excluding tert-OH is 2. The molecule has 0 aliphatic heterocycles. The first-order valence-electron chi connectivity index (χ1n) is 6.39. The summed E-state index contributed by atoms with van der Waals surface area (Å²) in [6.07, 6.45) is -0.619. The summed E-state index contributed by atoms with van der Waals surface area (Å²) in [5.74, 6) is 1.24. The number of nitrogens with zero attached hydrogens (tertiary/aromatic N) is 1. The first-order valence-corrected chi connectivity index (χ1v) is 6.39. The molecule has 0 aliphatic carbocycles. The van der Waals surface area contributed by atoms with Crippen molar-refractivity contribution in [2.75, 3.05) is 40.5 Å². The highest BCUT2D eigenvalue weighted by atomic mass is 16.5. The van der Waals surface area contributed by atoms with E-state index < -0.39 is 6.10 Å². The molecule has 0 heterocycles. The van der Waals surface area contributed by atoms with Gasteiger partial charge in [-0.15, -0.1) is 0 Å². The topological polar surface area (TPSA) is 62.2 Å². The van der Waals surface area contributed by atoms with Crippen molar-refractivity contribution in [2.24, 2.45) is 0 Å². The summed E-state index contributed by atoms with van der Waals surface area (Å²) < 4.78 is 10.4. The van der Waals surface area contributed by atoms with Crippen LogP contribution in [0.2, 0.25) is 0 Å². The molecular formula is C14H23NO4. The number of likely N-dealkylation sites (N-methyl/N-ethyl adjacent to an activating group) is 1. The predicted octanol–water partition coefficient (Wildman–Crippen LogP) is 1.05. The quantitative estimate of drug-likeness (QED) is 0.738. The Hall–Kier alpha value is -1.30. The lowest BCUT2D eigenvalue weighted by Crippen LogP contribution is -2.31. The number of benzene rings is 1. The third-order valence-electron chi connectivity index (χ3n) is 3.09. The van der Waals surface area contributed by atoms with E-state index in [2.05, 4.69) is 0 Å². The van der Waals surface area contributed by atoms with E-state index in [-0.39, 0.29) is 6.61 Å². The smallest absolute Gasteiger partial charge is 0.161 e. The van der Waals surface area contributed by atoms with Crippen LogP contribution >= 0.6 is 0 Å². The van der Waals surface area contributed by atoms with Crippen LogP contribution in [0, 0.1) is 0 Å². The SMILES string of the molecule is CCN(CCO)CC(O)c1ccc(OC)c(OC)c1. The molecule has 1 atom stereocenters. The zero-order valence-corrected chi connectivity index (χ0v) is 11.8. The minimum Gasteiger partial charge on any atom is -0.493 e.